The van der Waals surface area contributed by atoms with E-state index in [1.165, 1.54) is 12.1 Å². The minimum Gasteiger partial charge on any atom is -0.392 e. The number of benzene rings is 2. The first-order valence-electron chi connectivity index (χ1n) is 5.84. The highest BCUT2D eigenvalue weighted by atomic mass is 19.4. The zero-order valence-electron chi connectivity index (χ0n) is 10.1. The fourth-order valence-corrected chi connectivity index (χ4v) is 1.92. The average molecular weight is 266 g/mol. The van der Waals surface area contributed by atoms with E-state index < -0.39 is 11.7 Å². The third-order valence-corrected chi connectivity index (χ3v) is 2.96. The Bertz CT molecular complexity index is 544. The van der Waals surface area contributed by atoms with Crippen LogP contribution in [0.4, 0.5) is 13.2 Å². The average Bonchev–Trinajstić information content (AvgIpc) is 2.39. The summed E-state index contributed by atoms with van der Waals surface area (Å²) < 4.78 is 37.3. The number of halogens is 3. The van der Waals surface area contributed by atoms with Gasteiger partial charge in [-0.3, -0.25) is 0 Å². The molecule has 0 aliphatic rings. The second-order valence-electron chi connectivity index (χ2n) is 4.30. The summed E-state index contributed by atoms with van der Waals surface area (Å²) in [5.41, 5.74) is 1.85. The monoisotopic (exact) mass is 266 g/mol. The van der Waals surface area contributed by atoms with Gasteiger partial charge in [-0.1, -0.05) is 36.4 Å². The number of hydrogen-bond donors (Lipinski definition) is 1. The van der Waals surface area contributed by atoms with Crippen LogP contribution in [0.25, 0.3) is 0 Å². The first-order chi connectivity index (χ1) is 9.00. The van der Waals surface area contributed by atoms with E-state index in [9.17, 15) is 18.3 Å². The van der Waals surface area contributed by atoms with Gasteiger partial charge in [-0.05, 0) is 35.2 Å². The smallest absolute Gasteiger partial charge is 0.392 e. The second kappa shape index (κ2) is 5.45. The number of aliphatic hydroxyl groups excluding tert-OH is 1. The molecular formula is C15H13F3O. The molecule has 100 valence electrons. The van der Waals surface area contributed by atoms with Crippen molar-refractivity contribution in [2.45, 2.75) is 19.2 Å². The van der Waals surface area contributed by atoms with Gasteiger partial charge in [-0.2, -0.15) is 13.2 Å². The molecule has 0 unspecified atom stereocenters. The fraction of sp³-hybridized carbons (Fsp3) is 0.200. The van der Waals surface area contributed by atoms with Crippen molar-refractivity contribution in [3.63, 3.8) is 0 Å². The molecule has 0 fully saturated rings. The van der Waals surface area contributed by atoms with E-state index in [2.05, 4.69) is 0 Å². The maximum absolute atomic E-state index is 12.4. The molecule has 0 heterocycles. The Morgan fingerprint density at radius 3 is 1.95 bits per heavy atom. The normalized spacial score (nSPS) is 11.6. The molecule has 0 saturated carbocycles. The van der Waals surface area contributed by atoms with E-state index in [-0.39, 0.29) is 6.61 Å². The molecule has 0 aliphatic carbocycles. The summed E-state index contributed by atoms with van der Waals surface area (Å²) in [6, 6.07) is 12.4. The van der Waals surface area contributed by atoms with Crippen molar-refractivity contribution >= 4 is 0 Å². The molecule has 0 atom stereocenters. The Hall–Kier alpha value is -1.81. The molecule has 0 aliphatic heterocycles. The quantitative estimate of drug-likeness (QED) is 0.896. The minimum atomic E-state index is -4.30. The number of alkyl halides is 3. The summed E-state index contributed by atoms with van der Waals surface area (Å²) in [4.78, 5) is 0. The van der Waals surface area contributed by atoms with Crippen LogP contribution in [-0.2, 0) is 19.2 Å². The van der Waals surface area contributed by atoms with Crippen LogP contribution in [0, 0.1) is 0 Å². The molecule has 0 aromatic heterocycles. The molecule has 2 rings (SSSR count). The Labute approximate surface area is 109 Å². The molecule has 1 nitrogen and oxygen atoms in total. The molecule has 19 heavy (non-hydrogen) atoms. The topological polar surface area (TPSA) is 20.2 Å². The van der Waals surface area contributed by atoms with Gasteiger partial charge in [0.15, 0.2) is 0 Å². The summed E-state index contributed by atoms with van der Waals surface area (Å²) in [7, 11) is 0. The molecule has 2 aromatic carbocycles. The summed E-state index contributed by atoms with van der Waals surface area (Å²) in [5.74, 6) is 0. The second-order valence-corrected chi connectivity index (χ2v) is 4.30. The maximum Gasteiger partial charge on any atom is 0.416 e. The highest BCUT2D eigenvalue weighted by Crippen LogP contribution is 2.29. The van der Waals surface area contributed by atoms with Gasteiger partial charge in [-0.15, -0.1) is 0 Å². The Kier molecular flexibility index (Phi) is 3.90. The molecule has 0 spiro atoms. The van der Waals surface area contributed by atoms with E-state index in [1.54, 1.807) is 6.07 Å². The molecule has 2 aromatic rings. The molecule has 0 radical (unpaired) electrons. The third kappa shape index (κ3) is 3.35. The highest BCUT2D eigenvalue weighted by Gasteiger charge is 2.29. The van der Waals surface area contributed by atoms with Gasteiger partial charge in [0.05, 0.1) is 12.2 Å². The predicted octanol–water partition coefficient (Wildman–Crippen LogP) is 3.79. The highest BCUT2D eigenvalue weighted by molar-refractivity contribution is 5.34. The summed E-state index contributed by atoms with van der Waals surface area (Å²) in [5, 5.41) is 9.20. The Morgan fingerprint density at radius 2 is 1.42 bits per heavy atom. The van der Waals surface area contributed by atoms with Crippen LogP contribution in [-0.4, -0.2) is 5.11 Å². The summed E-state index contributed by atoms with van der Waals surface area (Å²) in [6.45, 7) is -0.0726. The van der Waals surface area contributed by atoms with Gasteiger partial charge >= 0.3 is 6.18 Å². The molecular weight excluding hydrogens is 253 g/mol. The van der Waals surface area contributed by atoms with Crippen LogP contribution in [0.3, 0.4) is 0 Å². The van der Waals surface area contributed by atoms with Crippen LogP contribution in [0.15, 0.2) is 48.5 Å². The van der Waals surface area contributed by atoms with Crippen molar-refractivity contribution < 1.29 is 18.3 Å². The largest absolute Gasteiger partial charge is 0.416 e. The minimum absolute atomic E-state index is 0.0726. The van der Waals surface area contributed by atoms with E-state index in [0.29, 0.717) is 6.42 Å². The van der Waals surface area contributed by atoms with Crippen LogP contribution in [0.1, 0.15) is 22.3 Å². The van der Waals surface area contributed by atoms with Crippen LogP contribution in [0.5, 0.6) is 0 Å². The SMILES string of the molecule is OCc1ccccc1Cc1ccc(C(F)(F)F)cc1. The Balaban J connectivity index is 2.20. The van der Waals surface area contributed by atoms with Gasteiger partial charge < -0.3 is 5.11 Å². The Morgan fingerprint density at radius 1 is 0.842 bits per heavy atom. The summed E-state index contributed by atoms with van der Waals surface area (Å²) in [6.07, 6.45) is -3.80. The van der Waals surface area contributed by atoms with Crippen molar-refractivity contribution in [3.8, 4) is 0 Å². The van der Waals surface area contributed by atoms with Crippen LogP contribution in [0.2, 0.25) is 0 Å². The van der Waals surface area contributed by atoms with Crippen molar-refractivity contribution in [2.75, 3.05) is 0 Å². The van der Waals surface area contributed by atoms with Crippen molar-refractivity contribution in [1.29, 1.82) is 0 Å². The first kappa shape index (κ1) is 13.6. The fourth-order valence-electron chi connectivity index (χ4n) is 1.92. The van der Waals surface area contributed by atoms with Gasteiger partial charge in [0.2, 0.25) is 0 Å². The van der Waals surface area contributed by atoms with E-state index in [4.69, 9.17) is 0 Å². The van der Waals surface area contributed by atoms with Gasteiger partial charge in [0, 0.05) is 0 Å². The van der Waals surface area contributed by atoms with Crippen molar-refractivity contribution in [2.24, 2.45) is 0 Å². The molecule has 1 N–H and O–H groups in total. The molecule has 0 saturated heterocycles. The molecule has 0 bridgehead atoms. The van der Waals surface area contributed by atoms with E-state index in [1.807, 2.05) is 18.2 Å². The zero-order chi connectivity index (χ0) is 13.9. The van der Waals surface area contributed by atoms with Crippen LogP contribution >= 0.6 is 0 Å². The van der Waals surface area contributed by atoms with E-state index >= 15 is 0 Å². The first-order valence-corrected chi connectivity index (χ1v) is 5.84. The van der Waals surface area contributed by atoms with Gasteiger partial charge in [-0.25, -0.2) is 0 Å². The van der Waals surface area contributed by atoms with Gasteiger partial charge in [0.1, 0.15) is 0 Å². The standard InChI is InChI=1S/C15H13F3O/c16-15(17,18)14-7-5-11(6-8-14)9-12-3-1-2-4-13(12)10-19/h1-8,19H,9-10H2. The van der Waals surface area contributed by atoms with Crippen molar-refractivity contribution in [1.82, 2.24) is 0 Å². The number of aliphatic hydroxyl groups is 1. The third-order valence-electron chi connectivity index (χ3n) is 2.96. The van der Waals surface area contributed by atoms with Crippen LogP contribution < -0.4 is 0 Å². The molecule has 0 amide bonds. The summed E-state index contributed by atoms with van der Waals surface area (Å²) >= 11 is 0. The number of hydrogen-bond acceptors (Lipinski definition) is 1. The zero-order valence-corrected chi connectivity index (χ0v) is 10.1. The lowest BCUT2D eigenvalue weighted by molar-refractivity contribution is -0.137. The van der Waals surface area contributed by atoms with E-state index in [0.717, 1.165) is 28.8 Å². The maximum atomic E-state index is 12.4. The van der Waals surface area contributed by atoms with Gasteiger partial charge in [0.25, 0.3) is 0 Å². The lowest BCUT2D eigenvalue weighted by Crippen LogP contribution is -2.04. The predicted molar refractivity (Wildman–Crippen MR) is 66.6 cm³/mol. The number of rotatable bonds is 3. The lowest BCUT2D eigenvalue weighted by atomic mass is 9.99. The molecule has 4 heteroatoms. The lowest BCUT2D eigenvalue weighted by Gasteiger charge is -2.09. The van der Waals surface area contributed by atoms with Crippen molar-refractivity contribution in [3.05, 3.63) is 70.8 Å².